The van der Waals surface area contributed by atoms with Crippen LogP contribution in [-0.4, -0.2) is 17.4 Å². The minimum Gasteiger partial charge on any atom is -0.353 e. The molecule has 0 unspecified atom stereocenters. The van der Waals surface area contributed by atoms with Crippen LogP contribution in [0.1, 0.15) is 69.4 Å². The molecule has 0 radical (unpaired) electrons. The quantitative estimate of drug-likeness (QED) is 0.183. The number of unbranched alkanes of at least 4 members (excludes halogenated alkanes) is 7. The van der Waals surface area contributed by atoms with Crippen molar-refractivity contribution in [1.82, 2.24) is 5.32 Å². The van der Waals surface area contributed by atoms with Crippen LogP contribution in [0.4, 0.5) is 5.69 Å². The molecule has 160 valence electrons. The Kier molecular flexibility index (Phi) is 10.3. The monoisotopic (exact) mass is 408 g/mol. The summed E-state index contributed by atoms with van der Waals surface area (Å²) in [6.07, 6.45) is 11.1. The lowest BCUT2D eigenvalue weighted by Gasteiger charge is -2.10. The Hall–Kier alpha value is -2.95. The molecule has 2 aromatic rings. The standard InChI is InChI=1S/C25H32N2O3/c1-2-3-4-5-6-7-8-14-19-26-25(28)20-23(21-15-10-9-11-16-21)22-17-12-13-18-24(22)27(29)30/h9-13,15-18,20H,2-8,14,19H2,1H3,(H,26,28)/b23-20-. The van der Waals surface area contributed by atoms with Gasteiger partial charge in [-0.3, -0.25) is 14.9 Å². The molecule has 2 aromatic carbocycles. The molecule has 0 fully saturated rings. The Morgan fingerprint density at radius 1 is 0.900 bits per heavy atom. The molecular formula is C25H32N2O3. The van der Waals surface area contributed by atoms with Crippen molar-refractivity contribution in [2.45, 2.75) is 58.3 Å². The van der Waals surface area contributed by atoms with E-state index in [1.54, 1.807) is 18.2 Å². The van der Waals surface area contributed by atoms with Gasteiger partial charge in [-0.15, -0.1) is 0 Å². The fourth-order valence-electron chi connectivity index (χ4n) is 3.45. The van der Waals surface area contributed by atoms with Crippen molar-refractivity contribution in [1.29, 1.82) is 0 Å². The third-order valence-electron chi connectivity index (χ3n) is 5.08. The van der Waals surface area contributed by atoms with Crippen molar-refractivity contribution in [2.75, 3.05) is 6.54 Å². The molecule has 2 rings (SSSR count). The summed E-state index contributed by atoms with van der Waals surface area (Å²) < 4.78 is 0. The number of carbonyl (C=O) groups excluding carboxylic acids is 1. The van der Waals surface area contributed by atoms with E-state index in [9.17, 15) is 14.9 Å². The number of nitrogens with zero attached hydrogens (tertiary/aromatic N) is 1. The highest BCUT2D eigenvalue weighted by molar-refractivity contribution is 6.00. The van der Waals surface area contributed by atoms with E-state index in [1.165, 1.54) is 50.7 Å². The third kappa shape index (κ3) is 7.82. The highest BCUT2D eigenvalue weighted by atomic mass is 16.6. The molecule has 5 heteroatoms. The van der Waals surface area contributed by atoms with Gasteiger partial charge < -0.3 is 5.32 Å². The normalized spacial score (nSPS) is 11.3. The number of hydrogen-bond acceptors (Lipinski definition) is 3. The van der Waals surface area contributed by atoms with Crippen LogP contribution in [0.5, 0.6) is 0 Å². The second-order valence-electron chi connectivity index (χ2n) is 7.46. The van der Waals surface area contributed by atoms with Crippen LogP contribution in [0.2, 0.25) is 0 Å². The van der Waals surface area contributed by atoms with E-state index >= 15 is 0 Å². The lowest BCUT2D eigenvalue weighted by Crippen LogP contribution is -2.22. The predicted octanol–water partition coefficient (Wildman–Crippen LogP) is 6.28. The summed E-state index contributed by atoms with van der Waals surface area (Å²) >= 11 is 0. The number of amides is 1. The van der Waals surface area contributed by atoms with Crippen LogP contribution < -0.4 is 5.32 Å². The van der Waals surface area contributed by atoms with Crippen LogP contribution in [0.25, 0.3) is 5.57 Å². The summed E-state index contributed by atoms with van der Waals surface area (Å²) in [6.45, 7) is 2.83. The van der Waals surface area contributed by atoms with Crippen LogP contribution in [-0.2, 0) is 4.79 Å². The third-order valence-corrected chi connectivity index (χ3v) is 5.08. The van der Waals surface area contributed by atoms with Crippen molar-refractivity contribution in [3.63, 3.8) is 0 Å². The van der Waals surface area contributed by atoms with Crippen LogP contribution >= 0.6 is 0 Å². The van der Waals surface area contributed by atoms with Crippen molar-refractivity contribution >= 4 is 17.2 Å². The van der Waals surface area contributed by atoms with Gasteiger partial charge in [0.05, 0.1) is 10.5 Å². The van der Waals surface area contributed by atoms with E-state index in [-0.39, 0.29) is 11.6 Å². The molecule has 0 saturated carbocycles. The number of hydrogen-bond donors (Lipinski definition) is 1. The molecule has 1 N–H and O–H groups in total. The van der Waals surface area contributed by atoms with Gasteiger partial charge >= 0.3 is 0 Å². The number of carbonyl (C=O) groups is 1. The molecule has 0 aromatic heterocycles. The summed E-state index contributed by atoms with van der Waals surface area (Å²) in [7, 11) is 0. The summed E-state index contributed by atoms with van der Waals surface area (Å²) in [5, 5.41) is 14.4. The number of rotatable bonds is 13. The highest BCUT2D eigenvalue weighted by Gasteiger charge is 2.18. The maximum Gasteiger partial charge on any atom is 0.277 e. The van der Waals surface area contributed by atoms with Gasteiger partial charge in [0, 0.05) is 24.3 Å². The van der Waals surface area contributed by atoms with Crippen LogP contribution in [0.15, 0.2) is 60.7 Å². The molecule has 0 aliphatic carbocycles. The Labute approximate surface area is 179 Å². The Morgan fingerprint density at radius 2 is 1.50 bits per heavy atom. The second kappa shape index (κ2) is 13.3. The fraction of sp³-hybridized carbons (Fsp3) is 0.400. The Balaban J connectivity index is 1.99. The molecule has 0 aliphatic heterocycles. The molecule has 0 heterocycles. The van der Waals surface area contributed by atoms with Gasteiger partial charge in [0.2, 0.25) is 5.91 Å². The second-order valence-corrected chi connectivity index (χ2v) is 7.46. The molecule has 0 aliphatic rings. The topological polar surface area (TPSA) is 72.2 Å². The minimum atomic E-state index is -0.412. The largest absolute Gasteiger partial charge is 0.353 e. The maximum atomic E-state index is 12.5. The molecule has 0 spiro atoms. The van der Waals surface area contributed by atoms with Gasteiger partial charge in [-0.1, -0.05) is 94.3 Å². The average Bonchev–Trinajstić information content (AvgIpc) is 2.77. The maximum absolute atomic E-state index is 12.5. The lowest BCUT2D eigenvalue weighted by molar-refractivity contribution is -0.385. The molecule has 30 heavy (non-hydrogen) atoms. The lowest BCUT2D eigenvalue weighted by atomic mass is 9.96. The number of nitrogens with one attached hydrogen (secondary N) is 1. The molecular weight excluding hydrogens is 376 g/mol. The molecule has 0 bridgehead atoms. The average molecular weight is 409 g/mol. The summed E-state index contributed by atoms with van der Waals surface area (Å²) in [5.74, 6) is -0.227. The van der Waals surface area contributed by atoms with E-state index in [1.807, 2.05) is 30.3 Å². The minimum absolute atomic E-state index is 0.0107. The molecule has 5 nitrogen and oxygen atoms in total. The van der Waals surface area contributed by atoms with Crippen molar-refractivity contribution in [3.05, 3.63) is 81.9 Å². The zero-order valence-corrected chi connectivity index (χ0v) is 17.8. The Bertz CT molecular complexity index is 831. The summed E-state index contributed by atoms with van der Waals surface area (Å²) in [6, 6.07) is 15.8. The van der Waals surface area contributed by atoms with Gasteiger partial charge in [0.1, 0.15) is 0 Å². The van der Waals surface area contributed by atoms with E-state index in [2.05, 4.69) is 12.2 Å². The van der Waals surface area contributed by atoms with E-state index in [0.717, 1.165) is 18.4 Å². The zero-order chi connectivity index (χ0) is 21.6. The van der Waals surface area contributed by atoms with Gasteiger partial charge in [0.25, 0.3) is 5.69 Å². The van der Waals surface area contributed by atoms with Crippen molar-refractivity contribution in [2.24, 2.45) is 0 Å². The smallest absolute Gasteiger partial charge is 0.277 e. The number of benzene rings is 2. The first-order valence-corrected chi connectivity index (χ1v) is 10.9. The van der Waals surface area contributed by atoms with E-state index in [0.29, 0.717) is 17.7 Å². The zero-order valence-electron chi connectivity index (χ0n) is 17.8. The van der Waals surface area contributed by atoms with Gasteiger partial charge in [-0.2, -0.15) is 0 Å². The Morgan fingerprint density at radius 3 is 2.17 bits per heavy atom. The van der Waals surface area contributed by atoms with Crippen LogP contribution in [0.3, 0.4) is 0 Å². The van der Waals surface area contributed by atoms with E-state index in [4.69, 9.17) is 0 Å². The number of para-hydroxylation sites is 1. The summed E-state index contributed by atoms with van der Waals surface area (Å²) in [5.41, 5.74) is 1.75. The van der Waals surface area contributed by atoms with Crippen molar-refractivity contribution in [3.8, 4) is 0 Å². The van der Waals surface area contributed by atoms with Gasteiger partial charge in [-0.05, 0) is 18.1 Å². The van der Waals surface area contributed by atoms with Crippen LogP contribution in [0, 0.1) is 10.1 Å². The summed E-state index contributed by atoms with van der Waals surface area (Å²) in [4.78, 5) is 23.6. The molecule has 1 amide bonds. The fourth-order valence-corrected chi connectivity index (χ4v) is 3.45. The van der Waals surface area contributed by atoms with Crippen molar-refractivity contribution < 1.29 is 9.72 Å². The highest BCUT2D eigenvalue weighted by Crippen LogP contribution is 2.30. The SMILES string of the molecule is CCCCCCCCCCNC(=O)/C=C(/c1ccccc1)c1ccccc1[N+](=O)[O-]. The molecule has 0 atom stereocenters. The van der Waals surface area contributed by atoms with Gasteiger partial charge in [-0.25, -0.2) is 0 Å². The van der Waals surface area contributed by atoms with E-state index < -0.39 is 4.92 Å². The molecule has 0 saturated heterocycles. The number of nitro benzene ring substituents is 1. The first kappa shape index (κ1) is 23.3. The predicted molar refractivity (Wildman–Crippen MR) is 122 cm³/mol. The number of nitro groups is 1. The first-order valence-electron chi connectivity index (χ1n) is 10.9. The first-order chi connectivity index (χ1) is 14.6. The van der Waals surface area contributed by atoms with Gasteiger partial charge in [0.15, 0.2) is 0 Å².